The second kappa shape index (κ2) is 2.41. The third-order valence-corrected chi connectivity index (χ3v) is 1.60. The van der Waals surface area contributed by atoms with Crippen LogP contribution < -0.4 is 5.73 Å². The summed E-state index contributed by atoms with van der Waals surface area (Å²) in [5.74, 6) is 0. The molecule has 2 aromatic heterocycles. The fourth-order valence-electron chi connectivity index (χ4n) is 1.11. The Labute approximate surface area is 69.5 Å². The highest BCUT2D eigenvalue weighted by molar-refractivity contribution is 5.83. The van der Waals surface area contributed by atoms with E-state index in [1.807, 2.05) is 6.92 Å². The molecule has 2 aromatic rings. The van der Waals surface area contributed by atoms with Crippen LogP contribution in [0.4, 0.5) is 5.69 Å². The molecular weight excluding hydrogens is 152 g/mol. The van der Waals surface area contributed by atoms with Gasteiger partial charge in [-0.1, -0.05) is 0 Å². The monoisotopic (exact) mass is 160 g/mol. The minimum Gasteiger partial charge on any atom is -0.397 e. The molecule has 0 saturated carbocycles. The van der Waals surface area contributed by atoms with Gasteiger partial charge in [-0.25, -0.2) is 15.0 Å². The normalized spacial score (nSPS) is 10.4. The minimum atomic E-state index is 0.606. The molecule has 2 rings (SSSR count). The Bertz CT molecular complexity index is 424. The zero-order valence-electron chi connectivity index (χ0n) is 6.65. The fourth-order valence-corrected chi connectivity index (χ4v) is 1.11. The number of nitrogen functional groups attached to an aromatic ring is 1. The lowest BCUT2D eigenvalue weighted by molar-refractivity contribution is 1.17. The maximum absolute atomic E-state index is 5.71. The Hall–Kier alpha value is -1.71. The van der Waals surface area contributed by atoms with Gasteiger partial charge < -0.3 is 5.73 Å². The number of fused-ring (bicyclic) bond motifs is 1. The molecule has 0 aliphatic rings. The second-order valence-corrected chi connectivity index (χ2v) is 2.58. The van der Waals surface area contributed by atoms with E-state index in [-0.39, 0.29) is 0 Å². The molecule has 0 amide bonds. The third kappa shape index (κ3) is 0.972. The molecule has 0 aliphatic heterocycles. The molecule has 0 unspecified atom stereocenters. The van der Waals surface area contributed by atoms with E-state index in [1.165, 1.54) is 0 Å². The van der Waals surface area contributed by atoms with Crippen LogP contribution in [0.3, 0.4) is 0 Å². The number of hydrogen-bond acceptors (Lipinski definition) is 4. The standard InChI is InChI=1S/C8H8N4/c1-5-4-6(9)7-8(12-5)11-3-2-10-7/h2-4H,1H3,(H2,9,11,12). The number of aryl methyl sites for hydroxylation is 1. The quantitative estimate of drug-likeness (QED) is 0.622. The molecule has 0 fully saturated rings. The van der Waals surface area contributed by atoms with Crippen LogP contribution in [-0.4, -0.2) is 15.0 Å². The Morgan fingerprint density at radius 3 is 2.83 bits per heavy atom. The van der Waals surface area contributed by atoms with Gasteiger partial charge in [0.2, 0.25) is 0 Å². The van der Waals surface area contributed by atoms with Gasteiger partial charge in [0, 0.05) is 18.1 Å². The first kappa shape index (κ1) is 6.97. The van der Waals surface area contributed by atoms with E-state index < -0.39 is 0 Å². The van der Waals surface area contributed by atoms with Crippen molar-refractivity contribution >= 4 is 16.9 Å². The highest BCUT2D eigenvalue weighted by Crippen LogP contribution is 2.14. The lowest BCUT2D eigenvalue weighted by Crippen LogP contribution is -1.95. The summed E-state index contributed by atoms with van der Waals surface area (Å²) in [5, 5.41) is 0. The Kier molecular flexibility index (Phi) is 1.40. The summed E-state index contributed by atoms with van der Waals surface area (Å²) in [6.07, 6.45) is 3.21. The van der Waals surface area contributed by atoms with Gasteiger partial charge in [0.15, 0.2) is 5.65 Å². The van der Waals surface area contributed by atoms with E-state index in [1.54, 1.807) is 18.5 Å². The molecule has 0 saturated heterocycles. The van der Waals surface area contributed by atoms with Crippen LogP contribution in [0.2, 0.25) is 0 Å². The molecule has 0 aromatic carbocycles. The Morgan fingerprint density at radius 1 is 1.25 bits per heavy atom. The number of hydrogen-bond donors (Lipinski definition) is 1. The number of nitrogens with two attached hydrogens (primary N) is 1. The van der Waals surface area contributed by atoms with Crippen molar-refractivity contribution in [1.29, 1.82) is 0 Å². The third-order valence-electron chi connectivity index (χ3n) is 1.60. The van der Waals surface area contributed by atoms with Crippen molar-refractivity contribution in [1.82, 2.24) is 15.0 Å². The van der Waals surface area contributed by atoms with Crippen LogP contribution in [-0.2, 0) is 0 Å². The van der Waals surface area contributed by atoms with Crippen LogP contribution in [0.1, 0.15) is 5.69 Å². The molecule has 60 valence electrons. The molecule has 4 nitrogen and oxygen atoms in total. The van der Waals surface area contributed by atoms with Gasteiger partial charge in [0.1, 0.15) is 5.52 Å². The van der Waals surface area contributed by atoms with Crippen molar-refractivity contribution in [2.24, 2.45) is 0 Å². The van der Waals surface area contributed by atoms with Crippen molar-refractivity contribution in [3.05, 3.63) is 24.2 Å². The highest BCUT2D eigenvalue weighted by Gasteiger charge is 2.00. The summed E-state index contributed by atoms with van der Waals surface area (Å²) in [6, 6.07) is 1.79. The molecule has 12 heavy (non-hydrogen) atoms. The van der Waals surface area contributed by atoms with E-state index in [0.29, 0.717) is 16.9 Å². The van der Waals surface area contributed by atoms with Crippen molar-refractivity contribution in [3.63, 3.8) is 0 Å². The lowest BCUT2D eigenvalue weighted by atomic mass is 10.3. The number of rotatable bonds is 0. The SMILES string of the molecule is Cc1cc(N)c2nccnc2n1. The summed E-state index contributed by atoms with van der Waals surface area (Å²) >= 11 is 0. The van der Waals surface area contributed by atoms with Crippen molar-refractivity contribution < 1.29 is 0 Å². The molecule has 0 aliphatic carbocycles. The summed E-state index contributed by atoms with van der Waals surface area (Å²) in [5.41, 5.74) is 8.48. The molecule has 0 radical (unpaired) electrons. The topological polar surface area (TPSA) is 64.7 Å². The van der Waals surface area contributed by atoms with E-state index in [9.17, 15) is 0 Å². The molecular formula is C8H8N4. The first-order valence-corrected chi connectivity index (χ1v) is 3.61. The number of anilines is 1. The van der Waals surface area contributed by atoms with Crippen LogP contribution in [0.25, 0.3) is 11.2 Å². The smallest absolute Gasteiger partial charge is 0.180 e. The van der Waals surface area contributed by atoms with E-state index in [0.717, 1.165) is 5.69 Å². The average Bonchev–Trinajstić information content (AvgIpc) is 2.04. The molecule has 0 atom stereocenters. The Balaban J connectivity index is 2.89. The lowest BCUT2D eigenvalue weighted by Gasteiger charge is -1.99. The van der Waals surface area contributed by atoms with Crippen LogP contribution in [0.5, 0.6) is 0 Å². The largest absolute Gasteiger partial charge is 0.397 e. The summed E-state index contributed by atoms with van der Waals surface area (Å²) in [7, 11) is 0. The van der Waals surface area contributed by atoms with Crippen molar-refractivity contribution in [2.45, 2.75) is 6.92 Å². The predicted molar refractivity (Wildman–Crippen MR) is 46.5 cm³/mol. The van der Waals surface area contributed by atoms with Gasteiger partial charge in [0.25, 0.3) is 0 Å². The van der Waals surface area contributed by atoms with Gasteiger partial charge in [-0.2, -0.15) is 0 Å². The molecule has 2 heterocycles. The Morgan fingerprint density at radius 2 is 2.00 bits per heavy atom. The second-order valence-electron chi connectivity index (χ2n) is 2.58. The zero-order valence-corrected chi connectivity index (χ0v) is 6.65. The molecule has 0 bridgehead atoms. The molecule has 0 spiro atoms. The van der Waals surface area contributed by atoms with Gasteiger partial charge >= 0.3 is 0 Å². The summed E-state index contributed by atoms with van der Waals surface area (Å²) < 4.78 is 0. The number of nitrogens with zero attached hydrogens (tertiary/aromatic N) is 3. The number of aromatic nitrogens is 3. The molecule has 2 N–H and O–H groups in total. The maximum atomic E-state index is 5.71. The van der Waals surface area contributed by atoms with Gasteiger partial charge in [-0.3, -0.25) is 0 Å². The average molecular weight is 160 g/mol. The van der Waals surface area contributed by atoms with E-state index in [2.05, 4.69) is 15.0 Å². The first-order chi connectivity index (χ1) is 5.77. The number of pyridine rings is 1. The predicted octanol–water partition coefficient (Wildman–Crippen LogP) is 0.915. The highest BCUT2D eigenvalue weighted by atomic mass is 14.9. The van der Waals surface area contributed by atoms with Crippen LogP contribution in [0.15, 0.2) is 18.5 Å². The van der Waals surface area contributed by atoms with Gasteiger partial charge in [-0.05, 0) is 13.0 Å². The minimum absolute atomic E-state index is 0.606. The summed E-state index contributed by atoms with van der Waals surface area (Å²) in [6.45, 7) is 1.88. The zero-order chi connectivity index (χ0) is 8.55. The fraction of sp³-hybridized carbons (Fsp3) is 0.125. The van der Waals surface area contributed by atoms with Gasteiger partial charge in [0.05, 0.1) is 5.69 Å². The van der Waals surface area contributed by atoms with Gasteiger partial charge in [-0.15, -0.1) is 0 Å². The van der Waals surface area contributed by atoms with Crippen molar-refractivity contribution in [3.8, 4) is 0 Å². The first-order valence-electron chi connectivity index (χ1n) is 3.61. The maximum Gasteiger partial charge on any atom is 0.180 e. The van der Waals surface area contributed by atoms with Crippen LogP contribution in [0, 0.1) is 6.92 Å². The van der Waals surface area contributed by atoms with Crippen molar-refractivity contribution in [2.75, 3.05) is 5.73 Å². The molecule has 4 heteroatoms. The van der Waals surface area contributed by atoms with E-state index in [4.69, 9.17) is 5.73 Å². The van der Waals surface area contributed by atoms with E-state index >= 15 is 0 Å². The van der Waals surface area contributed by atoms with Crippen LogP contribution >= 0.6 is 0 Å². The summed E-state index contributed by atoms with van der Waals surface area (Å²) in [4.78, 5) is 12.3.